The molecule has 0 bridgehead atoms. The van der Waals surface area contributed by atoms with E-state index in [0.29, 0.717) is 5.69 Å². The van der Waals surface area contributed by atoms with Crippen LogP contribution in [0.1, 0.15) is 12.0 Å². The molecule has 0 atom stereocenters. The Labute approximate surface area is 146 Å². The van der Waals surface area contributed by atoms with Crippen LogP contribution in [0.25, 0.3) is 0 Å². The number of sulfonamides is 1. The maximum absolute atomic E-state index is 12.1. The SMILES string of the molecule is CSc1cccc(NC(=O)CCNS(=O)(=O)c2ccc(C)cc2)c1. The van der Waals surface area contributed by atoms with Crippen molar-refractivity contribution in [1.82, 2.24) is 4.72 Å². The molecule has 2 aromatic rings. The van der Waals surface area contributed by atoms with E-state index in [-0.39, 0.29) is 23.8 Å². The lowest BCUT2D eigenvalue weighted by Gasteiger charge is -2.08. The summed E-state index contributed by atoms with van der Waals surface area (Å²) < 4.78 is 26.7. The van der Waals surface area contributed by atoms with Gasteiger partial charge in [-0.25, -0.2) is 13.1 Å². The van der Waals surface area contributed by atoms with Crippen molar-refractivity contribution in [2.75, 3.05) is 18.1 Å². The largest absolute Gasteiger partial charge is 0.326 e. The number of anilines is 1. The first kappa shape index (κ1) is 18.5. The molecule has 2 rings (SSSR count). The molecule has 7 heteroatoms. The van der Waals surface area contributed by atoms with Gasteiger partial charge in [-0.05, 0) is 43.5 Å². The summed E-state index contributed by atoms with van der Waals surface area (Å²) in [6.45, 7) is 1.93. The molecule has 2 aromatic carbocycles. The van der Waals surface area contributed by atoms with E-state index < -0.39 is 10.0 Å². The highest BCUT2D eigenvalue weighted by Gasteiger charge is 2.13. The zero-order valence-corrected chi connectivity index (χ0v) is 15.2. The summed E-state index contributed by atoms with van der Waals surface area (Å²) in [6.07, 6.45) is 2.02. The van der Waals surface area contributed by atoms with Crippen LogP contribution in [-0.2, 0) is 14.8 Å². The minimum absolute atomic E-state index is 0.0459. The smallest absolute Gasteiger partial charge is 0.240 e. The quantitative estimate of drug-likeness (QED) is 0.741. The highest BCUT2D eigenvalue weighted by atomic mass is 32.2. The minimum atomic E-state index is -3.59. The van der Waals surface area contributed by atoms with Gasteiger partial charge in [0.25, 0.3) is 0 Å². The molecule has 0 aliphatic carbocycles. The lowest BCUT2D eigenvalue weighted by Crippen LogP contribution is -2.27. The van der Waals surface area contributed by atoms with Gasteiger partial charge >= 0.3 is 0 Å². The third kappa shape index (κ3) is 5.36. The number of aryl methyl sites for hydroxylation is 1. The molecule has 2 N–H and O–H groups in total. The van der Waals surface area contributed by atoms with E-state index in [2.05, 4.69) is 10.0 Å². The van der Waals surface area contributed by atoms with E-state index in [1.54, 1.807) is 42.1 Å². The second-order valence-electron chi connectivity index (χ2n) is 5.24. The van der Waals surface area contributed by atoms with Gasteiger partial charge in [0, 0.05) is 23.5 Å². The van der Waals surface area contributed by atoms with Crippen molar-refractivity contribution in [3.05, 3.63) is 54.1 Å². The predicted molar refractivity (Wildman–Crippen MR) is 97.8 cm³/mol. The van der Waals surface area contributed by atoms with Crippen molar-refractivity contribution in [2.45, 2.75) is 23.1 Å². The maximum atomic E-state index is 12.1. The molecule has 0 saturated carbocycles. The first-order valence-corrected chi connectivity index (χ1v) is 10.1. The van der Waals surface area contributed by atoms with Crippen LogP contribution < -0.4 is 10.0 Å². The Hall–Kier alpha value is -1.83. The number of rotatable bonds is 7. The van der Waals surface area contributed by atoms with Crippen molar-refractivity contribution in [2.24, 2.45) is 0 Å². The predicted octanol–water partition coefficient (Wildman–Crippen LogP) is 3.02. The summed E-state index contributed by atoms with van der Waals surface area (Å²) in [6, 6.07) is 14.1. The number of nitrogens with one attached hydrogen (secondary N) is 2. The van der Waals surface area contributed by atoms with Crippen molar-refractivity contribution < 1.29 is 13.2 Å². The number of carbonyl (C=O) groups excluding carboxylic acids is 1. The average molecular weight is 364 g/mol. The fourth-order valence-corrected chi connectivity index (χ4v) is 3.52. The molecule has 0 heterocycles. The molecule has 0 spiro atoms. The van der Waals surface area contributed by atoms with Gasteiger partial charge < -0.3 is 5.32 Å². The zero-order valence-electron chi connectivity index (χ0n) is 13.6. The Kier molecular flexibility index (Phi) is 6.42. The normalized spacial score (nSPS) is 11.2. The first-order chi connectivity index (χ1) is 11.4. The number of carbonyl (C=O) groups is 1. The standard InChI is InChI=1S/C17H20N2O3S2/c1-13-6-8-16(9-7-13)24(21,22)18-11-10-17(20)19-14-4-3-5-15(12-14)23-2/h3-9,12,18H,10-11H2,1-2H3,(H,19,20). The second kappa shape index (κ2) is 8.32. The third-order valence-electron chi connectivity index (χ3n) is 3.33. The Morgan fingerprint density at radius 2 is 1.83 bits per heavy atom. The van der Waals surface area contributed by atoms with Gasteiger partial charge in [-0.3, -0.25) is 4.79 Å². The first-order valence-electron chi connectivity index (χ1n) is 7.41. The van der Waals surface area contributed by atoms with Gasteiger partial charge in [0.2, 0.25) is 15.9 Å². The van der Waals surface area contributed by atoms with Crippen LogP contribution >= 0.6 is 11.8 Å². The molecule has 5 nitrogen and oxygen atoms in total. The molecule has 1 amide bonds. The monoisotopic (exact) mass is 364 g/mol. The highest BCUT2D eigenvalue weighted by Crippen LogP contribution is 2.19. The van der Waals surface area contributed by atoms with Gasteiger partial charge in [-0.1, -0.05) is 23.8 Å². The Balaban J connectivity index is 1.86. The van der Waals surface area contributed by atoms with Crippen molar-refractivity contribution in [3.63, 3.8) is 0 Å². The number of amides is 1. The van der Waals surface area contributed by atoms with E-state index >= 15 is 0 Å². The van der Waals surface area contributed by atoms with Crippen LogP contribution in [0, 0.1) is 6.92 Å². The summed E-state index contributed by atoms with van der Waals surface area (Å²) in [5, 5.41) is 2.76. The van der Waals surface area contributed by atoms with Crippen LogP contribution in [0.15, 0.2) is 58.3 Å². The van der Waals surface area contributed by atoms with E-state index in [9.17, 15) is 13.2 Å². The molecule has 24 heavy (non-hydrogen) atoms. The van der Waals surface area contributed by atoms with Crippen LogP contribution in [0.3, 0.4) is 0 Å². The molecule has 0 fully saturated rings. The Morgan fingerprint density at radius 1 is 1.12 bits per heavy atom. The number of hydrogen-bond acceptors (Lipinski definition) is 4. The van der Waals surface area contributed by atoms with Crippen LogP contribution in [-0.4, -0.2) is 27.1 Å². The number of benzene rings is 2. The molecular weight excluding hydrogens is 344 g/mol. The maximum Gasteiger partial charge on any atom is 0.240 e. The highest BCUT2D eigenvalue weighted by molar-refractivity contribution is 7.98. The van der Waals surface area contributed by atoms with Crippen LogP contribution in [0.4, 0.5) is 5.69 Å². The van der Waals surface area contributed by atoms with E-state index in [0.717, 1.165) is 10.5 Å². The third-order valence-corrected chi connectivity index (χ3v) is 5.53. The van der Waals surface area contributed by atoms with Gasteiger partial charge in [0.05, 0.1) is 4.90 Å². The fourth-order valence-electron chi connectivity index (χ4n) is 2.02. The number of hydrogen-bond donors (Lipinski definition) is 2. The van der Waals surface area contributed by atoms with Gasteiger partial charge in [0.15, 0.2) is 0 Å². The lowest BCUT2D eigenvalue weighted by molar-refractivity contribution is -0.116. The molecule has 0 aliphatic rings. The fraction of sp³-hybridized carbons (Fsp3) is 0.235. The van der Waals surface area contributed by atoms with Crippen molar-refractivity contribution in [3.8, 4) is 0 Å². The summed E-state index contributed by atoms with van der Waals surface area (Å²) in [5.74, 6) is -0.236. The summed E-state index contributed by atoms with van der Waals surface area (Å²) in [4.78, 5) is 13.2. The zero-order chi connectivity index (χ0) is 17.6. The molecule has 0 aliphatic heterocycles. The second-order valence-corrected chi connectivity index (χ2v) is 7.89. The van der Waals surface area contributed by atoms with E-state index in [1.807, 2.05) is 31.4 Å². The average Bonchev–Trinajstić information content (AvgIpc) is 2.55. The molecule has 0 saturated heterocycles. The summed E-state index contributed by atoms with van der Waals surface area (Å²) in [5.41, 5.74) is 1.69. The Morgan fingerprint density at radius 3 is 2.50 bits per heavy atom. The molecule has 0 aromatic heterocycles. The van der Waals surface area contributed by atoms with Gasteiger partial charge in [-0.2, -0.15) is 0 Å². The van der Waals surface area contributed by atoms with E-state index in [1.165, 1.54) is 0 Å². The summed E-state index contributed by atoms with van der Waals surface area (Å²) in [7, 11) is -3.59. The summed E-state index contributed by atoms with van der Waals surface area (Å²) >= 11 is 1.59. The van der Waals surface area contributed by atoms with Crippen LogP contribution in [0.5, 0.6) is 0 Å². The van der Waals surface area contributed by atoms with Crippen molar-refractivity contribution >= 4 is 33.4 Å². The molecule has 0 radical (unpaired) electrons. The van der Waals surface area contributed by atoms with Crippen molar-refractivity contribution in [1.29, 1.82) is 0 Å². The lowest BCUT2D eigenvalue weighted by atomic mass is 10.2. The van der Waals surface area contributed by atoms with Crippen LogP contribution in [0.2, 0.25) is 0 Å². The molecular formula is C17H20N2O3S2. The molecule has 128 valence electrons. The van der Waals surface area contributed by atoms with Gasteiger partial charge in [0.1, 0.15) is 0 Å². The van der Waals surface area contributed by atoms with E-state index in [4.69, 9.17) is 0 Å². The Bertz CT molecular complexity index is 803. The minimum Gasteiger partial charge on any atom is -0.326 e. The topological polar surface area (TPSA) is 75.3 Å². The number of thioether (sulfide) groups is 1. The van der Waals surface area contributed by atoms with Gasteiger partial charge in [-0.15, -0.1) is 11.8 Å². The molecule has 0 unspecified atom stereocenters.